The van der Waals surface area contributed by atoms with Crippen LogP contribution in [0.5, 0.6) is 0 Å². The predicted molar refractivity (Wildman–Crippen MR) is 77.6 cm³/mol. The third-order valence-electron chi connectivity index (χ3n) is 4.59. The zero-order valence-electron chi connectivity index (χ0n) is 11.6. The monoisotopic (exact) mass is 281 g/mol. The molecule has 1 aromatic rings. The van der Waals surface area contributed by atoms with Gasteiger partial charge in [0.1, 0.15) is 5.82 Å². The number of anilines is 1. The van der Waals surface area contributed by atoms with Crippen LogP contribution < -0.4 is 4.90 Å². The van der Waals surface area contributed by atoms with Gasteiger partial charge >= 0.3 is 0 Å². The summed E-state index contributed by atoms with van der Waals surface area (Å²) in [4.78, 5) is 7.08. The first kappa shape index (κ1) is 13.3. The highest BCUT2D eigenvalue weighted by atomic mass is 32.1. The Morgan fingerprint density at radius 2 is 2.16 bits per heavy atom. The number of aliphatic hydroxyl groups excluding tert-OH is 1. The molecule has 2 aliphatic rings. The van der Waals surface area contributed by atoms with Crippen LogP contribution in [-0.4, -0.2) is 33.2 Å². The first-order valence-electron chi connectivity index (χ1n) is 7.57. The first-order valence-corrected chi connectivity index (χ1v) is 8.34. The lowest BCUT2D eigenvalue weighted by molar-refractivity contribution is 0.110. The molecule has 0 unspecified atom stereocenters. The van der Waals surface area contributed by atoms with E-state index in [9.17, 15) is 5.11 Å². The lowest BCUT2D eigenvalue weighted by atomic mass is 9.88. The van der Waals surface area contributed by atoms with Crippen molar-refractivity contribution >= 4 is 16.7 Å². The fraction of sp³-hybridized carbons (Fsp3) is 0.857. The summed E-state index contributed by atoms with van der Waals surface area (Å²) < 4.78 is 4.42. The van der Waals surface area contributed by atoms with E-state index in [1.165, 1.54) is 43.6 Å². The van der Waals surface area contributed by atoms with E-state index in [0.717, 1.165) is 30.3 Å². The van der Waals surface area contributed by atoms with E-state index < -0.39 is 0 Å². The van der Waals surface area contributed by atoms with Crippen LogP contribution in [0.4, 0.5) is 5.13 Å². The molecule has 5 heteroatoms. The normalized spacial score (nSPS) is 31.9. The molecule has 0 amide bonds. The van der Waals surface area contributed by atoms with Gasteiger partial charge in [-0.25, -0.2) is 4.98 Å². The van der Waals surface area contributed by atoms with E-state index in [-0.39, 0.29) is 6.10 Å². The average molecular weight is 281 g/mol. The molecule has 0 bridgehead atoms. The van der Waals surface area contributed by atoms with E-state index >= 15 is 0 Å². The predicted octanol–water partition coefficient (Wildman–Crippen LogP) is 2.62. The topological polar surface area (TPSA) is 49.2 Å². The molecule has 0 spiro atoms. The van der Waals surface area contributed by atoms with Crippen molar-refractivity contribution in [1.82, 2.24) is 9.36 Å². The van der Waals surface area contributed by atoms with Gasteiger partial charge in [0, 0.05) is 36.5 Å². The maximum Gasteiger partial charge on any atom is 0.205 e. The van der Waals surface area contributed by atoms with Gasteiger partial charge in [0.05, 0.1) is 6.10 Å². The van der Waals surface area contributed by atoms with E-state index in [0.29, 0.717) is 12.0 Å². The Labute approximate surface area is 119 Å². The summed E-state index contributed by atoms with van der Waals surface area (Å²) in [5.74, 6) is 1.39. The molecule has 3 rings (SSSR count). The van der Waals surface area contributed by atoms with Crippen molar-refractivity contribution in [2.24, 2.45) is 5.92 Å². The molecule has 106 valence electrons. The van der Waals surface area contributed by atoms with Gasteiger partial charge in [-0.15, -0.1) is 0 Å². The number of hydrogen-bond donors (Lipinski definition) is 1. The number of piperidine rings is 1. The highest BCUT2D eigenvalue weighted by molar-refractivity contribution is 7.09. The van der Waals surface area contributed by atoms with Gasteiger partial charge < -0.3 is 10.0 Å². The molecule has 1 N–H and O–H groups in total. The van der Waals surface area contributed by atoms with E-state index in [4.69, 9.17) is 0 Å². The Morgan fingerprint density at radius 1 is 1.26 bits per heavy atom. The van der Waals surface area contributed by atoms with Gasteiger partial charge in [-0.2, -0.15) is 4.37 Å². The van der Waals surface area contributed by atoms with Gasteiger partial charge in [0.15, 0.2) is 0 Å². The zero-order chi connectivity index (χ0) is 13.2. The lowest BCUT2D eigenvalue weighted by Crippen LogP contribution is -2.46. The molecule has 2 fully saturated rings. The van der Waals surface area contributed by atoms with Crippen LogP contribution in [0.1, 0.15) is 51.3 Å². The smallest absolute Gasteiger partial charge is 0.205 e. The second-order valence-electron chi connectivity index (χ2n) is 5.77. The number of rotatable bonds is 3. The molecule has 2 heterocycles. The van der Waals surface area contributed by atoms with E-state index in [2.05, 4.69) is 21.2 Å². The first-order chi connectivity index (χ1) is 9.29. The molecule has 1 aliphatic carbocycles. The maximum atomic E-state index is 10.2. The van der Waals surface area contributed by atoms with Crippen molar-refractivity contribution in [1.29, 1.82) is 0 Å². The summed E-state index contributed by atoms with van der Waals surface area (Å²) in [6, 6.07) is 0.476. The van der Waals surface area contributed by atoms with Crippen molar-refractivity contribution in [3.63, 3.8) is 0 Å². The molecule has 1 aliphatic heterocycles. The Bertz CT molecular complexity index is 423. The number of nitrogens with zero attached hydrogens (tertiary/aromatic N) is 3. The van der Waals surface area contributed by atoms with Crippen LogP contribution in [-0.2, 0) is 6.42 Å². The number of aromatic nitrogens is 2. The third kappa shape index (κ3) is 2.63. The number of aryl methyl sites for hydroxylation is 1. The summed E-state index contributed by atoms with van der Waals surface area (Å²) in [5, 5.41) is 11.3. The molecule has 0 radical (unpaired) electrons. The average Bonchev–Trinajstić information content (AvgIpc) is 3.07. The lowest BCUT2D eigenvalue weighted by Gasteiger charge is -2.40. The second kappa shape index (κ2) is 5.75. The Hall–Kier alpha value is -0.680. The van der Waals surface area contributed by atoms with Crippen LogP contribution in [0.2, 0.25) is 0 Å². The molecular weight excluding hydrogens is 258 g/mol. The molecule has 1 aromatic heterocycles. The fourth-order valence-electron chi connectivity index (χ4n) is 3.56. The molecule has 19 heavy (non-hydrogen) atoms. The molecular formula is C14H23N3OS. The maximum absolute atomic E-state index is 10.2. The van der Waals surface area contributed by atoms with Gasteiger partial charge in [-0.3, -0.25) is 0 Å². The number of hydrogen-bond acceptors (Lipinski definition) is 5. The summed E-state index contributed by atoms with van der Waals surface area (Å²) >= 11 is 1.53. The largest absolute Gasteiger partial charge is 0.393 e. The van der Waals surface area contributed by atoms with Gasteiger partial charge in [-0.1, -0.05) is 13.3 Å². The van der Waals surface area contributed by atoms with Crippen molar-refractivity contribution in [2.45, 2.75) is 64.0 Å². The molecule has 4 nitrogen and oxygen atoms in total. The molecule has 0 aromatic carbocycles. The summed E-state index contributed by atoms with van der Waals surface area (Å²) in [5.41, 5.74) is 0. The van der Waals surface area contributed by atoms with Crippen LogP contribution in [0.25, 0.3) is 0 Å². The van der Waals surface area contributed by atoms with Crippen LogP contribution in [0.15, 0.2) is 0 Å². The minimum Gasteiger partial charge on any atom is -0.393 e. The summed E-state index contributed by atoms with van der Waals surface area (Å²) in [6.07, 6.45) is 7.83. The van der Waals surface area contributed by atoms with Gasteiger partial charge in [0.2, 0.25) is 5.13 Å². The minimum absolute atomic E-state index is 0.107. The zero-order valence-corrected chi connectivity index (χ0v) is 12.4. The van der Waals surface area contributed by atoms with Crippen molar-refractivity contribution < 1.29 is 5.11 Å². The van der Waals surface area contributed by atoms with Crippen LogP contribution in [0, 0.1) is 5.92 Å². The Kier molecular flexibility index (Phi) is 4.03. The number of aliphatic hydroxyl groups is 1. The van der Waals surface area contributed by atoms with Crippen LogP contribution >= 0.6 is 11.5 Å². The summed E-state index contributed by atoms with van der Waals surface area (Å²) in [7, 11) is 0. The molecule has 1 saturated heterocycles. The Balaban J connectivity index is 1.80. The second-order valence-corrected chi connectivity index (χ2v) is 6.50. The van der Waals surface area contributed by atoms with E-state index in [1.807, 2.05) is 0 Å². The fourth-order valence-corrected chi connectivity index (χ4v) is 4.40. The Morgan fingerprint density at radius 3 is 2.84 bits per heavy atom. The quantitative estimate of drug-likeness (QED) is 0.925. The SMILES string of the molecule is CCc1nsc(N2CCCC[C@@H]2[C@H]2CCC[C@@H]2O)n1. The third-order valence-corrected chi connectivity index (χ3v) is 5.39. The van der Waals surface area contributed by atoms with Crippen molar-refractivity contribution in [2.75, 3.05) is 11.4 Å². The van der Waals surface area contributed by atoms with Crippen molar-refractivity contribution in [3.05, 3.63) is 5.82 Å². The summed E-state index contributed by atoms with van der Waals surface area (Å²) in [6.45, 7) is 3.17. The van der Waals surface area contributed by atoms with Crippen LogP contribution in [0.3, 0.4) is 0 Å². The minimum atomic E-state index is -0.107. The van der Waals surface area contributed by atoms with E-state index in [1.54, 1.807) is 0 Å². The standard InChI is InChI=1S/C14H23N3OS/c1-2-13-15-14(19-16-13)17-9-4-3-7-11(17)10-6-5-8-12(10)18/h10-12,18H,2-9H2,1H3/t10-,11-,12+/m1/s1. The van der Waals surface area contributed by atoms with Gasteiger partial charge in [-0.05, 0) is 32.1 Å². The molecule has 3 atom stereocenters. The van der Waals surface area contributed by atoms with Gasteiger partial charge in [0.25, 0.3) is 0 Å². The highest BCUT2D eigenvalue weighted by Gasteiger charge is 2.38. The van der Waals surface area contributed by atoms with Crippen molar-refractivity contribution in [3.8, 4) is 0 Å². The highest BCUT2D eigenvalue weighted by Crippen LogP contribution is 2.37. The molecule has 1 saturated carbocycles.